The Morgan fingerprint density at radius 3 is 2.32 bits per heavy atom. The van der Waals surface area contributed by atoms with Crippen LogP contribution in [0.2, 0.25) is 0 Å². The molecule has 5 heteroatoms. The number of carbonyl (C=O) groups excluding carboxylic acids is 2. The first kappa shape index (κ1) is 18.5. The van der Waals surface area contributed by atoms with Gasteiger partial charge in [-0.1, -0.05) is 44.2 Å². The molecule has 0 aromatic heterocycles. The Morgan fingerprint density at radius 2 is 1.64 bits per heavy atom. The zero-order chi connectivity index (χ0) is 18.2. The molecule has 0 spiro atoms. The third-order valence-electron chi connectivity index (χ3n) is 3.86. The Bertz CT molecular complexity index is 741. The second-order valence-corrected chi connectivity index (χ2v) is 6.00. The molecule has 0 aliphatic heterocycles. The third-order valence-corrected chi connectivity index (χ3v) is 3.86. The zero-order valence-corrected chi connectivity index (χ0v) is 14.8. The van der Waals surface area contributed by atoms with E-state index in [1.807, 2.05) is 18.2 Å². The number of ether oxygens (including phenoxy) is 1. The number of para-hydroxylation sites is 2. The summed E-state index contributed by atoms with van der Waals surface area (Å²) in [5.74, 6) is -0.227. The average molecular weight is 340 g/mol. The number of carbonyl (C=O) groups is 2. The van der Waals surface area contributed by atoms with Crippen LogP contribution in [0.15, 0.2) is 48.5 Å². The maximum Gasteiger partial charge on any atom is 0.339 e. The Balaban J connectivity index is 1.93. The van der Waals surface area contributed by atoms with Gasteiger partial charge < -0.3 is 15.4 Å². The van der Waals surface area contributed by atoms with E-state index in [0.29, 0.717) is 30.1 Å². The fourth-order valence-electron chi connectivity index (χ4n) is 2.56. The van der Waals surface area contributed by atoms with Crippen LogP contribution in [0, 0.1) is 0 Å². The molecule has 0 aliphatic carbocycles. The SMILES string of the molecule is COC(=O)c1ccccc1NC(=O)CCNc1ccccc1C(C)C. The lowest BCUT2D eigenvalue weighted by atomic mass is 10.0. The summed E-state index contributed by atoms with van der Waals surface area (Å²) in [7, 11) is 1.32. The van der Waals surface area contributed by atoms with Gasteiger partial charge in [-0.25, -0.2) is 4.79 Å². The smallest absolute Gasteiger partial charge is 0.339 e. The Hall–Kier alpha value is -2.82. The van der Waals surface area contributed by atoms with Crippen LogP contribution in [-0.2, 0) is 9.53 Å². The largest absolute Gasteiger partial charge is 0.465 e. The number of amides is 1. The highest BCUT2D eigenvalue weighted by molar-refractivity contribution is 6.01. The number of benzene rings is 2. The van der Waals surface area contributed by atoms with Gasteiger partial charge in [0.25, 0.3) is 0 Å². The minimum Gasteiger partial charge on any atom is -0.465 e. The second kappa shape index (κ2) is 8.87. The maximum atomic E-state index is 12.2. The fraction of sp³-hybridized carbons (Fsp3) is 0.300. The summed E-state index contributed by atoms with van der Waals surface area (Å²) in [6.07, 6.45) is 0.294. The molecule has 1 amide bonds. The monoisotopic (exact) mass is 340 g/mol. The van der Waals surface area contributed by atoms with Gasteiger partial charge in [0.1, 0.15) is 0 Å². The van der Waals surface area contributed by atoms with Crippen molar-refractivity contribution in [1.82, 2.24) is 0 Å². The van der Waals surface area contributed by atoms with Crippen LogP contribution in [0.3, 0.4) is 0 Å². The Labute approximate surface area is 148 Å². The van der Waals surface area contributed by atoms with E-state index in [-0.39, 0.29) is 5.91 Å². The van der Waals surface area contributed by atoms with Gasteiger partial charge >= 0.3 is 5.97 Å². The molecule has 0 atom stereocenters. The second-order valence-electron chi connectivity index (χ2n) is 6.00. The molecule has 0 unspecified atom stereocenters. The van der Waals surface area contributed by atoms with E-state index in [4.69, 9.17) is 4.74 Å². The van der Waals surface area contributed by atoms with Crippen LogP contribution < -0.4 is 10.6 Å². The van der Waals surface area contributed by atoms with Gasteiger partial charge in [-0.2, -0.15) is 0 Å². The lowest BCUT2D eigenvalue weighted by Gasteiger charge is -2.14. The summed E-state index contributed by atoms with van der Waals surface area (Å²) in [5, 5.41) is 6.08. The molecule has 2 N–H and O–H groups in total. The minimum absolute atomic E-state index is 0.161. The lowest BCUT2D eigenvalue weighted by molar-refractivity contribution is -0.115. The van der Waals surface area contributed by atoms with Crippen molar-refractivity contribution in [3.8, 4) is 0 Å². The van der Waals surface area contributed by atoms with Gasteiger partial charge in [-0.05, 0) is 29.7 Å². The van der Waals surface area contributed by atoms with Crippen LogP contribution in [-0.4, -0.2) is 25.5 Å². The number of nitrogens with one attached hydrogen (secondary N) is 2. The summed E-state index contributed by atoms with van der Waals surface area (Å²) in [4.78, 5) is 23.9. The van der Waals surface area contributed by atoms with Gasteiger partial charge in [-0.3, -0.25) is 4.79 Å². The topological polar surface area (TPSA) is 67.4 Å². The number of hydrogen-bond acceptors (Lipinski definition) is 4. The molecule has 0 bridgehead atoms. The van der Waals surface area contributed by atoms with Crippen LogP contribution >= 0.6 is 0 Å². The average Bonchev–Trinajstić information content (AvgIpc) is 2.61. The van der Waals surface area contributed by atoms with Crippen molar-refractivity contribution < 1.29 is 14.3 Å². The molecular weight excluding hydrogens is 316 g/mol. The molecule has 5 nitrogen and oxygen atoms in total. The first-order valence-corrected chi connectivity index (χ1v) is 8.33. The predicted molar refractivity (Wildman–Crippen MR) is 100 cm³/mol. The maximum absolute atomic E-state index is 12.2. The van der Waals surface area contributed by atoms with Crippen molar-refractivity contribution in [1.29, 1.82) is 0 Å². The first-order chi connectivity index (χ1) is 12.0. The van der Waals surface area contributed by atoms with Crippen molar-refractivity contribution in [2.45, 2.75) is 26.2 Å². The molecule has 0 aliphatic rings. The fourth-order valence-corrected chi connectivity index (χ4v) is 2.56. The molecular formula is C20H24N2O3. The molecule has 0 saturated heterocycles. The highest BCUT2D eigenvalue weighted by Gasteiger charge is 2.13. The summed E-state index contributed by atoms with van der Waals surface area (Å²) in [6.45, 7) is 4.78. The number of hydrogen-bond donors (Lipinski definition) is 2. The van der Waals surface area contributed by atoms with Gasteiger partial charge in [0.05, 0.1) is 18.4 Å². The van der Waals surface area contributed by atoms with Gasteiger partial charge in [-0.15, -0.1) is 0 Å². The number of methoxy groups -OCH3 is 1. The van der Waals surface area contributed by atoms with E-state index < -0.39 is 5.97 Å². The summed E-state index contributed by atoms with van der Waals surface area (Å²) >= 11 is 0. The van der Waals surface area contributed by atoms with Crippen molar-refractivity contribution in [2.24, 2.45) is 0 Å². The predicted octanol–water partition coefficient (Wildman–Crippen LogP) is 4.04. The van der Waals surface area contributed by atoms with E-state index in [1.165, 1.54) is 12.7 Å². The standard InChI is InChI=1S/C20H24N2O3/c1-14(2)15-8-4-6-10-17(15)21-13-12-19(23)22-18-11-7-5-9-16(18)20(24)25-3/h4-11,14,21H,12-13H2,1-3H3,(H,22,23). The lowest BCUT2D eigenvalue weighted by Crippen LogP contribution is -2.18. The molecule has 0 fully saturated rings. The molecule has 2 aromatic rings. The molecule has 132 valence electrons. The van der Waals surface area contributed by atoms with E-state index in [9.17, 15) is 9.59 Å². The van der Waals surface area contributed by atoms with Crippen molar-refractivity contribution in [2.75, 3.05) is 24.3 Å². The summed E-state index contributed by atoms with van der Waals surface area (Å²) in [6, 6.07) is 14.9. The van der Waals surface area contributed by atoms with Gasteiger partial charge in [0.15, 0.2) is 0 Å². The normalized spacial score (nSPS) is 10.4. The molecule has 0 saturated carbocycles. The van der Waals surface area contributed by atoms with Gasteiger partial charge in [0, 0.05) is 18.7 Å². The molecule has 0 heterocycles. The van der Waals surface area contributed by atoms with Crippen LogP contribution in [0.5, 0.6) is 0 Å². The van der Waals surface area contributed by atoms with Gasteiger partial charge in [0.2, 0.25) is 5.91 Å². The molecule has 0 radical (unpaired) electrons. The van der Waals surface area contributed by atoms with E-state index in [1.54, 1.807) is 24.3 Å². The number of rotatable bonds is 7. The van der Waals surface area contributed by atoms with Crippen LogP contribution in [0.25, 0.3) is 0 Å². The Kier molecular flexibility index (Phi) is 6.57. The van der Waals surface area contributed by atoms with Crippen LogP contribution in [0.1, 0.15) is 42.1 Å². The molecule has 2 rings (SSSR count). The summed E-state index contributed by atoms with van der Waals surface area (Å²) < 4.78 is 4.73. The minimum atomic E-state index is -0.472. The highest BCUT2D eigenvalue weighted by atomic mass is 16.5. The first-order valence-electron chi connectivity index (χ1n) is 8.33. The van der Waals surface area contributed by atoms with E-state index in [2.05, 4.69) is 30.5 Å². The zero-order valence-electron chi connectivity index (χ0n) is 14.8. The number of anilines is 2. The van der Waals surface area contributed by atoms with Crippen molar-refractivity contribution in [3.63, 3.8) is 0 Å². The third kappa shape index (κ3) is 5.08. The van der Waals surface area contributed by atoms with Crippen LogP contribution in [0.4, 0.5) is 11.4 Å². The molecule has 25 heavy (non-hydrogen) atoms. The quantitative estimate of drug-likeness (QED) is 0.747. The highest BCUT2D eigenvalue weighted by Crippen LogP contribution is 2.23. The Morgan fingerprint density at radius 1 is 1.00 bits per heavy atom. The number of esters is 1. The van der Waals surface area contributed by atoms with Crippen molar-refractivity contribution >= 4 is 23.3 Å². The van der Waals surface area contributed by atoms with E-state index in [0.717, 1.165) is 5.69 Å². The summed E-state index contributed by atoms with van der Waals surface area (Å²) in [5.41, 5.74) is 3.07. The molecule has 2 aromatic carbocycles. The van der Waals surface area contributed by atoms with E-state index >= 15 is 0 Å². The van der Waals surface area contributed by atoms with Crippen molar-refractivity contribution in [3.05, 3.63) is 59.7 Å².